The van der Waals surface area contributed by atoms with Gasteiger partial charge in [0.1, 0.15) is 22.7 Å². The van der Waals surface area contributed by atoms with E-state index in [0.29, 0.717) is 56.2 Å². The largest absolute Gasteiger partial charge is 0.336 e. The molecule has 0 bridgehead atoms. The van der Waals surface area contributed by atoms with Crippen LogP contribution in [0.4, 0.5) is 4.39 Å². The quantitative estimate of drug-likeness (QED) is 0.278. The van der Waals surface area contributed by atoms with Crippen LogP contribution < -0.4 is 0 Å². The molecule has 0 aliphatic carbocycles. The highest BCUT2D eigenvalue weighted by Gasteiger charge is 2.21. The van der Waals surface area contributed by atoms with Gasteiger partial charge in [-0.3, -0.25) is 19.9 Å². The molecular formula is C27H22FN7OS. The van der Waals surface area contributed by atoms with Gasteiger partial charge in [-0.2, -0.15) is 5.10 Å². The van der Waals surface area contributed by atoms with Crippen LogP contribution in [0.5, 0.6) is 0 Å². The zero-order valence-electron chi connectivity index (χ0n) is 20.3. The smallest absolute Gasteiger partial charge is 0.169 e. The van der Waals surface area contributed by atoms with Crippen LogP contribution in [-0.4, -0.2) is 54.9 Å². The number of rotatable bonds is 6. The van der Waals surface area contributed by atoms with E-state index in [4.69, 9.17) is 4.98 Å². The molecule has 5 heterocycles. The van der Waals surface area contributed by atoms with Crippen molar-refractivity contribution in [2.75, 3.05) is 14.1 Å². The Morgan fingerprint density at radius 2 is 1.95 bits per heavy atom. The van der Waals surface area contributed by atoms with E-state index in [1.54, 1.807) is 30.7 Å². The van der Waals surface area contributed by atoms with E-state index < -0.39 is 5.82 Å². The molecule has 184 valence electrons. The highest BCUT2D eigenvalue weighted by atomic mass is 32.1. The number of Topliss-reactive ketones (excluding diaryl/α,β-unsaturated/α-hetero) is 1. The number of carbonyl (C=O) groups excluding carboxylic acids is 1. The van der Waals surface area contributed by atoms with Gasteiger partial charge in [-0.1, -0.05) is 0 Å². The zero-order valence-corrected chi connectivity index (χ0v) is 21.2. The number of imidazole rings is 1. The Morgan fingerprint density at radius 1 is 1.08 bits per heavy atom. The number of aromatic amines is 2. The van der Waals surface area contributed by atoms with Crippen molar-refractivity contribution in [3.8, 4) is 33.2 Å². The Labute approximate surface area is 215 Å². The maximum absolute atomic E-state index is 16.0. The molecule has 8 nitrogen and oxygen atoms in total. The number of hydrogen-bond donors (Lipinski definition) is 2. The number of benzene rings is 1. The van der Waals surface area contributed by atoms with E-state index in [2.05, 4.69) is 25.1 Å². The van der Waals surface area contributed by atoms with Crippen molar-refractivity contribution in [1.82, 2.24) is 35.0 Å². The molecule has 10 heteroatoms. The molecule has 0 saturated carbocycles. The number of thiophene rings is 1. The lowest BCUT2D eigenvalue weighted by atomic mass is 10.0. The average molecular weight is 512 g/mol. The summed E-state index contributed by atoms with van der Waals surface area (Å²) in [5.41, 5.74) is 5.10. The van der Waals surface area contributed by atoms with E-state index in [1.807, 2.05) is 43.3 Å². The molecule has 1 aromatic carbocycles. The Balaban J connectivity index is 1.47. The van der Waals surface area contributed by atoms with Crippen LogP contribution in [0.15, 0.2) is 55.0 Å². The predicted octanol–water partition coefficient (Wildman–Crippen LogP) is 5.70. The number of pyridine rings is 2. The van der Waals surface area contributed by atoms with Crippen LogP contribution in [0.25, 0.3) is 55.2 Å². The lowest BCUT2D eigenvalue weighted by Crippen LogP contribution is -2.10. The summed E-state index contributed by atoms with van der Waals surface area (Å²) >= 11 is 1.37. The van der Waals surface area contributed by atoms with Crippen molar-refractivity contribution in [3.05, 3.63) is 71.2 Å². The third-order valence-electron chi connectivity index (χ3n) is 6.08. The molecule has 0 spiro atoms. The third-order valence-corrected chi connectivity index (χ3v) is 7.28. The minimum Gasteiger partial charge on any atom is -0.336 e. The van der Waals surface area contributed by atoms with Gasteiger partial charge >= 0.3 is 0 Å². The summed E-state index contributed by atoms with van der Waals surface area (Å²) in [6.45, 7) is 2.24. The first-order valence-corrected chi connectivity index (χ1v) is 12.4. The SMILES string of the molecule is CC(=O)c1ccc(-c2nccc3[nH]c(-c4n[nH]c5ccc(-c6cncc(CN(C)C)c6)c(F)c45)nc23)s1. The fourth-order valence-electron chi connectivity index (χ4n) is 4.44. The van der Waals surface area contributed by atoms with E-state index in [-0.39, 0.29) is 5.78 Å². The van der Waals surface area contributed by atoms with Gasteiger partial charge in [-0.15, -0.1) is 11.3 Å². The Morgan fingerprint density at radius 3 is 2.73 bits per heavy atom. The predicted molar refractivity (Wildman–Crippen MR) is 143 cm³/mol. The fourth-order valence-corrected chi connectivity index (χ4v) is 5.33. The molecular weight excluding hydrogens is 489 g/mol. The molecule has 0 saturated heterocycles. The summed E-state index contributed by atoms with van der Waals surface area (Å²) in [6.07, 6.45) is 5.14. The van der Waals surface area contributed by atoms with Crippen molar-refractivity contribution < 1.29 is 9.18 Å². The molecule has 5 aromatic heterocycles. The van der Waals surface area contributed by atoms with Gasteiger partial charge in [0.2, 0.25) is 0 Å². The van der Waals surface area contributed by atoms with E-state index >= 15 is 4.39 Å². The first kappa shape index (κ1) is 23.1. The van der Waals surface area contributed by atoms with Crippen molar-refractivity contribution in [3.63, 3.8) is 0 Å². The van der Waals surface area contributed by atoms with Crippen molar-refractivity contribution >= 4 is 39.1 Å². The normalized spacial score (nSPS) is 11.7. The maximum Gasteiger partial charge on any atom is 0.169 e. The Kier molecular flexibility index (Phi) is 5.62. The standard InChI is InChI=1S/C27H22FN7OS/c1-14(36)20-6-7-21(37-20)25-24-19(8-9-30-25)31-27(32-24)26-22-18(33-34-26)5-4-17(23(22)28)16-10-15(11-29-12-16)13-35(2)3/h4-12H,13H2,1-3H3,(H,31,32)(H,33,34). The molecule has 0 amide bonds. The summed E-state index contributed by atoms with van der Waals surface area (Å²) in [4.78, 5) is 32.2. The highest BCUT2D eigenvalue weighted by molar-refractivity contribution is 7.17. The lowest BCUT2D eigenvalue weighted by Gasteiger charge is -2.11. The van der Waals surface area contributed by atoms with Gasteiger partial charge < -0.3 is 9.88 Å². The van der Waals surface area contributed by atoms with Crippen molar-refractivity contribution in [1.29, 1.82) is 0 Å². The first-order valence-electron chi connectivity index (χ1n) is 11.6. The third kappa shape index (κ3) is 4.09. The number of halogens is 1. The van der Waals surface area contributed by atoms with Crippen LogP contribution in [0.2, 0.25) is 0 Å². The van der Waals surface area contributed by atoms with Gasteiger partial charge in [0.05, 0.1) is 26.2 Å². The molecule has 0 unspecified atom stereocenters. The van der Waals surface area contributed by atoms with Gasteiger partial charge in [0.25, 0.3) is 0 Å². The Bertz CT molecular complexity index is 1800. The Hall–Kier alpha value is -4.28. The zero-order chi connectivity index (χ0) is 25.7. The van der Waals surface area contributed by atoms with Gasteiger partial charge in [0, 0.05) is 36.3 Å². The average Bonchev–Trinajstić information content (AvgIpc) is 3.61. The molecule has 6 rings (SSSR count). The van der Waals surface area contributed by atoms with E-state index in [1.165, 1.54) is 18.3 Å². The van der Waals surface area contributed by atoms with Gasteiger partial charge in [0.15, 0.2) is 11.6 Å². The number of ketones is 1. The van der Waals surface area contributed by atoms with Crippen LogP contribution >= 0.6 is 11.3 Å². The van der Waals surface area contributed by atoms with Crippen LogP contribution in [-0.2, 0) is 6.54 Å². The molecule has 0 radical (unpaired) electrons. The highest BCUT2D eigenvalue weighted by Crippen LogP contribution is 2.36. The molecule has 2 N–H and O–H groups in total. The number of carbonyl (C=O) groups is 1. The summed E-state index contributed by atoms with van der Waals surface area (Å²) in [7, 11) is 3.96. The maximum atomic E-state index is 16.0. The summed E-state index contributed by atoms with van der Waals surface area (Å²) < 4.78 is 16.0. The van der Waals surface area contributed by atoms with Crippen molar-refractivity contribution in [2.24, 2.45) is 0 Å². The molecule has 0 aliphatic heterocycles. The van der Waals surface area contributed by atoms with Crippen LogP contribution in [0, 0.1) is 5.82 Å². The molecule has 0 fully saturated rings. The molecule has 37 heavy (non-hydrogen) atoms. The number of hydrogen-bond acceptors (Lipinski definition) is 7. The lowest BCUT2D eigenvalue weighted by molar-refractivity contribution is 0.102. The number of H-pyrrole nitrogens is 2. The number of fused-ring (bicyclic) bond motifs is 2. The summed E-state index contributed by atoms with van der Waals surface area (Å²) in [5.74, 6) is 0.0328. The van der Waals surface area contributed by atoms with Crippen LogP contribution in [0.1, 0.15) is 22.2 Å². The number of nitrogens with zero attached hydrogens (tertiary/aromatic N) is 5. The summed E-state index contributed by atoms with van der Waals surface area (Å²) in [6, 6.07) is 11.0. The fraction of sp³-hybridized carbons (Fsp3) is 0.148. The van der Waals surface area contributed by atoms with Gasteiger partial charge in [-0.05, 0) is 63.0 Å². The van der Waals surface area contributed by atoms with E-state index in [9.17, 15) is 4.79 Å². The molecule has 0 atom stereocenters. The second-order valence-electron chi connectivity index (χ2n) is 9.10. The second-order valence-corrected chi connectivity index (χ2v) is 10.2. The second kappa shape index (κ2) is 8.99. The minimum absolute atomic E-state index is 0.00265. The van der Waals surface area contributed by atoms with Crippen molar-refractivity contribution in [2.45, 2.75) is 13.5 Å². The van der Waals surface area contributed by atoms with Gasteiger partial charge in [-0.25, -0.2) is 9.37 Å². The topological polar surface area (TPSA) is 103 Å². The number of aromatic nitrogens is 6. The minimum atomic E-state index is -0.395. The first-order chi connectivity index (χ1) is 17.9. The summed E-state index contributed by atoms with van der Waals surface area (Å²) in [5, 5.41) is 7.67. The molecule has 0 aliphatic rings. The monoisotopic (exact) mass is 511 g/mol. The molecule has 6 aromatic rings. The number of nitrogens with one attached hydrogen (secondary N) is 2. The van der Waals surface area contributed by atoms with Crippen LogP contribution in [0.3, 0.4) is 0 Å². The van der Waals surface area contributed by atoms with E-state index in [0.717, 1.165) is 16.0 Å².